The minimum atomic E-state index is -0.492. The maximum absolute atomic E-state index is 12.0. The lowest BCUT2D eigenvalue weighted by atomic mass is 10.1. The van der Waals surface area contributed by atoms with Crippen LogP contribution in [-0.2, 0) is 0 Å². The second-order valence-corrected chi connectivity index (χ2v) is 4.41. The number of non-ortho nitro benzene ring substituents is 1. The van der Waals surface area contributed by atoms with Crippen LogP contribution in [-0.4, -0.2) is 10.8 Å². The monoisotopic (exact) mass is 270 g/mol. The zero-order chi connectivity index (χ0) is 14.5. The summed E-state index contributed by atoms with van der Waals surface area (Å²) in [5.41, 5.74) is 1.37. The van der Waals surface area contributed by atoms with E-state index in [1.807, 2.05) is 37.3 Å². The predicted molar refractivity (Wildman–Crippen MR) is 75.4 cm³/mol. The van der Waals surface area contributed by atoms with E-state index < -0.39 is 4.92 Å². The van der Waals surface area contributed by atoms with Crippen LogP contribution in [0.3, 0.4) is 0 Å². The van der Waals surface area contributed by atoms with Crippen molar-refractivity contribution in [1.29, 1.82) is 0 Å². The van der Waals surface area contributed by atoms with Gasteiger partial charge in [0.25, 0.3) is 11.6 Å². The van der Waals surface area contributed by atoms with Gasteiger partial charge in [0.15, 0.2) is 0 Å². The number of carbonyl (C=O) groups is 1. The van der Waals surface area contributed by atoms with Gasteiger partial charge in [-0.15, -0.1) is 0 Å². The van der Waals surface area contributed by atoms with E-state index in [2.05, 4.69) is 5.32 Å². The average molecular weight is 270 g/mol. The van der Waals surface area contributed by atoms with Crippen LogP contribution in [0.1, 0.15) is 28.9 Å². The summed E-state index contributed by atoms with van der Waals surface area (Å²) in [6, 6.07) is 15.0. The van der Waals surface area contributed by atoms with Crippen LogP contribution in [0.25, 0.3) is 0 Å². The molecule has 0 aliphatic rings. The Bertz CT molecular complexity index is 609. The molecule has 0 radical (unpaired) electrons. The number of carbonyl (C=O) groups excluding carboxylic acids is 1. The Kier molecular flexibility index (Phi) is 4.10. The van der Waals surface area contributed by atoms with Crippen LogP contribution in [0.5, 0.6) is 0 Å². The van der Waals surface area contributed by atoms with Crippen molar-refractivity contribution >= 4 is 11.6 Å². The summed E-state index contributed by atoms with van der Waals surface area (Å²) in [6.07, 6.45) is 0. The van der Waals surface area contributed by atoms with Crippen molar-refractivity contribution in [1.82, 2.24) is 5.32 Å². The first kappa shape index (κ1) is 13.7. The molecule has 0 unspecified atom stereocenters. The van der Waals surface area contributed by atoms with Crippen LogP contribution in [0, 0.1) is 10.1 Å². The van der Waals surface area contributed by atoms with Crippen molar-refractivity contribution < 1.29 is 9.72 Å². The van der Waals surface area contributed by atoms with Gasteiger partial charge in [0.2, 0.25) is 0 Å². The van der Waals surface area contributed by atoms with Crippen LogP contribution in [0.4, 0.5) is 5.69 Å². The fourth-order valence-corrected chi connectivity index (χ4v) is 1.84. The highest BCUT2D eigenvalue weighted by Gasteiger charge is 2.12. The fourth-order valence-electron chi connectivity index (χ4n) is 1.84. The molecule has 1 amide bonds. The maximum Gasteiger partial charge on any atom is 0.269 e. The molecule has 5 heteroatoms. The number of nitrogens with one attached hydrogen (secondary N) is 1. The summed E-state index contributed by atoms with van der Waals surface area (Å²) < 4.78 is 0. The Labute approximate surface area is 116 Å². The summed E-state index contributed by atoms with van der Waals surface area (Å²) in [4.78, 5) is 22.1. The minimum absolute atomic E-state index is 0.0299. The highest BCUT2D eigenvalue weighted by atomic mass is 16.6. The van der Waals surface area contributed by atoms with E-state index in [1.165, 1.54) is 24.3 Å². The predicted octanol–water partition coefficient (Wildman–Crippen LogP) is 3.09. The highest BCUT2D eigenvalue weighted by molar-refractivity contribution is 5.94. The summed E-state index contributed by atoms with van der Waals surface area (Å²) in [5.74, 6) is -0.253. The molecule has 2 aromatic rings. The van der Waals surface area contributed by atoms with E-state index >= 15 is 0 Å². The van der Waals surface area contributed by atoms with Crippen molar-refractivity contribution in [2.75, 3.05) is 0 Å². The second-order valence-electron chi connectivity index (χ2n) is 4.41. The molecule has 0 aromatic heterocycles. The van der Waals surface area contributed by atoms with Crippen LogP contribution >= 0.6 is 0 Å². The third-order valence-corrected chi connectivity index (χ3v) is 2.99. The molecule has 0 fully saturated rings. The van der Waals surface area contributed by atoms with Gasteiger partial charge in [0.1, 0.15) is 0 Å². The lowest BCUT2D eigenvalue weighted by molar-refractivity contribution is -0.384. The van der Waals surface area contributed by atoms with Crippen LogP contribution < -0.4 is 5.32 Å². The van der Waals surface area contributed by atoms with Gasteiger partial charge in [-0.25, -0.2) is 0 Å². The lowest BCUT2D eigenvalue weighted by Gasteiger charge is -2.14. The third-order valence-electron chi connectivity index (χ3n) is 2.99. The Morgan fingerprint density at radius 2 is 1.70 bits per heavy atom. The first-order valence-electron chi connectivity index (χ1n) is 6.18. The number of amides is 1. The quantitative estimate of drug-likeness (QED) is 0.685. The molecular formula is C15H14N2O3. The Morgan fingerprint density at radius 3 is 2.25 bits per heavy atom. The van der Waals surface area contributed by atoms with E-state index in [-0.39, 0.29) is 17.6 Å². The van der Waals surface area contributed by atoms with Gasteiger partial charge in [0.05, 0.1) is 11.0 Å². The molecule has 1 N–H and O–H groups in total. The number of nitro groups is 1. The van der Waals surface area contributed by atoms with Crippen molar-refractivity contribution in [2.45, 2.75) is 13.0 Å². The van der Waals surface area contributed by atoms with Gasteiger partial charge in [-0.1, -0.05) is 30.3 Å². The zero-order valence-electron chi connectivity index (χ0n) is 10.9. The molecule has 0 bridgehead atoms. The topological polar surface area (TPSA) is 72.2 Å². The normalized spacial score (nSPS) is 11.7. The first-order chi connectivity index (χ1) is 9.58. The SMILES string of the molecule is C[C@@H](NC(=O)c1ccc([N+](=O)[O-])cc1)c1ccccc1. The Hall–Kier alpha value is -2.69. The minimum Gasteiger partial charge on any atom is -0.346 e. The van der Waals surface area contributed by atoms with Crippen molar-refractivity contribution in [3.8, 4) is 0 Å². The number of benzene rings is 2. The highest BCUT2D eigenvalue weighted by Crippen LogP contribution is 2.15. The standard InChI is InChI=1S/C15H14N2O3/c1-11(12-5-3-2-4-6-12)16-15(18)13-7-9-14(10-8-13)17(19)20/h2-11H,1H3,(H,16,18)/t11-/m1/s1. The van der Waals surface area contributed by atoms with E-state index in [1.54, 1.807) is 0 Å². The maximum atomic E-state index is 12.0. The summed E-state index contributed by atoms with van der Waals surface area (Å²) >= 11 is 0. The number of rotatable bonds is 4. The van der Waals surface area contributed by atoms with Gasteiger partial charge in [0, 0.05) is 17.7 Å². The molecule has 0 spiro atoms. The molecule has 0 saturated carbocycles. The largest absolute Gasteiger partial charge is 0.346 e. The number of nitro benzene ring substituents is 1. The molecule has 102 valence electrons. The molecular weight excluding hydrogens is 256 g/mol. The summed E-state index contributed by atoms with van der Waals surface area (Å²) in [7, 11) is 0. The number of hydrogen-bond acceptors (Lipinski definition) is 3. The molecule has 0 heterocycles. The second kappa shape index (κ2) is 5.97. The molecule has 0 saturated heterocycles. The van der Waals surface area contributed by atoms with Crippen molar-refractivity contribution in [2.24, 2.45) is 0 Å². The molecule has 2 rings (SSSR count). The summed E-state index contributed by atoms with van der Waals surface area (Å²) in [5, 5.41) is 13.4. The van der Waals surface area contributed by atoms with E-state index in [0.717, 1.165) is 5.56 Å². The molecule has 5 nitrogen and oxygen atoms in total. The third kappa shape index (κ3) is 3.20. The molecule has 0 aliphatic carbocycles. The number of nitrogens with zero attached hydrogens (tertiary/aromatic N) is 1. The van der Waals surface area contributed by atoms with Crippen molar-refractivity contribution in [3.63, 3.8) is 0 Å². The zero-order valence-corrected chi connectivity index (χ0v) is 10.9. The van der Waals surface area contributed by atoms with Gasteiger partial charge < -0.3 is 5.32 Å². The molecule has 1 atom stereocenters. The molecule has 0 aliphatic heterocycles. The van der Waals surface area contributed by atoms with Gasteiger partial charge in [-0.2, -0.15) is 0 Å². The van der Waals surface area contributed by atoms with E-state index in [9.17, 15) is 14.9 Å². The average Bonchev–Trinajstić information content (AvgIpc) is 2.48. The van der Waals surface area contributed by atoms with Gasteiger partial charge >= 0.3 is 0 Å². The van der Waals surface area contributed by atoms with E-state index in [4.69, 9.17) is 0 Å². The van der Waals surface area contributed by atoms with Crippen LogP contribution in [0.2, 0.25) is 0 Å². The first-order valence-corrected chi connectivity index (χ1v) is 6.18. The smallest absolute Gasteiger partial charge is 0.269 e. The Morgan fingerprint density at radius 1 is 1.10 bits per heavy atom. The van der Waals surface area contributed by atoms with Crippen LogP contribution in [0.15, 0.2) is 54.6 Å². The van der Waals surface area contributed by atoms with Gasteiger partial charge in [-0.3, -0.25) is 14.9 Å². The lowest BCUT2D eigenvalue weighted by Crippen LogP contribution is -2.26. The van der Waals surface area contributed by atoms with E-state index in [0.29, 0.717) is 5.56 Å². The van der Waals surface area contributed by atoms with Gasteiger partial charge in [-0.05, 0) is 24.6 Å². The molecule has 20 heavy (non-hydrogen) atoms. The number of hydrogen-bond donors (Lipinski definition) is 1. The molecule has 2 aromatic carbocycles. The Balaban J connectivity index is 2.06. The fraction of sp³-hybridized carbons (Fsp3) is 0.133. The summed E-state index contributed by atoms with van der Waals surface area (Å²) in [6.45, 7) is 1.89. The van der Waals surface area contributed by atoms with Crippen molar-refractivity contribution in [3.05, 3.63) is 75.8 Å².